The normalized spacial score (nSPS) is 11.7. The number of carbonyl (C=O) groups excluding carboxylic acids is 3. The molecule has 1 heterocycles. The molecule has 128 valence electrons. The molecule has 0 saturated carbocycles. The number of amides is 1. The molecule has 0 unspecified atom stereocenters. The van der Waals surface area contributed by atoms with Gasteiger partial charge in [-0.2, -0.15) is 4.99 Å². The van der Waals surface area contributed by atoms with E-state index in [1.807, 2.05) is 18.2 Å². The lowest BCUT2D eigenvalue weighted by molar-refractivity contribution is -0.143. The Kier molecular flexibility index (Phi) is 6.76. The van der Waals surface area contributed by atoms with Crippen LogP contribution in [-0.4, -0.2) is 33.9 Å². The van der Waals surface area contributed by atoms with Gasteiger partial charge in [0.1, 0.15) is 6.54 Å². The molecule has 0 radical (unpaired) electrons. The van der Waals surface area contributed by atoms with Crippen molar-refractivity contribution in [1.82, 2.24) is 4.57 Å². The number of rotatable bonds is 5. The summed E-state index contributed by atoms with van der Waals surface area (Å²) in [4.78, 5) is 39.2. The summed E-state index contributed by atoms with van der Waals surface area (Å²) in [6, 6.07) is 5.60. The van der Waals surface area contributed by atoms with Crippen LogP contribution in [-0.2, 0) is 25.7 Å². The third-order valence-corrected chi connectivity index (χ3v) is 5.19. The molecule has 2 rings (SSSR count). The zero-order chi connectivity index (χ0) is 17.7. The highest BCUT2D eigenvalue weighted by Crippen LogP contribution is 2.22. The summed E-state index contributed by atoms with van der Waals surface area (Å²) < 4.78 is 8.42. The molecule has 0 bridgehead atoms. The topological polar surface area (TPSA) is 77.7 Å². The molecule has 0 spiro atoms. The van der Waals surface area contributed by atoms with Crippen LogP contribution in [0, 0.1) is 0 Å². The van der Waals surface area contributed by atoms with Gasteiger partial charge in [-0.25, -0.2) is 0 Å². The molecule has 1 aromatic carbocycles. The third-order valence-electron chi connectivity index (χ3n) is 2.86. The second-order valence-electron chi connectivity index (χ2n) is 4.67. The second-order valence-corrected chi connectivity index (χ2v) is 7.75. The summed E-state index contributed by atoms with van der Waals surface area (Å²) in [5.41, 5.74) is 0.794. The van der Waals surface area contributed by atoms with Gasteiger partial charge >= 0.3 is 5.97 Å². The van der Waals surface area contributed by atoms with Gasteiger partial charge in [0.25, 0.3) is 5.91 Å². The monoisotopic (exact) mass is 430 g/mol. The van der Waals surface area contributed by atoms with Crippen molar-refractivity contribution in [1.29, 1.82) is 0 Å². The van der Waals surface area contributed by atoms with Crippen molar-refractivity contribution in [2.24, 2.45) is 4.99 Å². The number of benzene rings is 1. The number of thioether (sulfide) groups is 1. The number of hydrogen-bond acceptors (Lipinski definition) is 6. The van der Waals surface area contributed by atoms with E-state index in [1.54, 1.807) is 11.5 Å². The molecule has 9 heteroatoms. The summed E-state index contributed by atoms with van der Waals surface area (Å²) in [5, 5.41) is -0.141. The van der Waals surface area contributed by atoms with E-state index in [4.69, 9.17) is 4.74 Å². The standard InChI is InChI=1S/C15H15BrN2O4S2/c1-3-22-14(21)7-18-11-5-4-10(16)6-12(11)24-15(18)17-13(20)8-23-9(2)19/h4-6H,3,7-8H2,1-2H3. The van der Waals surface area contributed by atoms with E-state index in [2.05, 4.69) is 20.9 Å². The first-order chi connectivity index (χ1) is 11.4. The summed E-state index contributed by atoms with van der Waals surface area (Å²) in [5.74, 6) is -0.835. The minimum Gasteiger partial charge on any atom is -0.465 e. The van der Waals surface area contributed by atoms with Crippen LogP contribution in [0.1, 0.15) is 13.8 Å². The number of fused-ring (bicyclic) bond motifs is 1. The average molecular weight is 431 g/mol. The Balaban J connectivity index is 2.44. The van der Waals surface area contributed by atoms with Crippen molar-refractivity contribution in [3.63, 3.8) is 0 Å². The van der Waals surface area contributed by atoms with Gasteiger partial charge in [-0.15, -0.1) is 0 Å². The SMILES string of the molecule is CCOC(=O)Cn1c(=NC(=O)CSC(C)=O)sc2cc(Br)ccc21. The fourth-order valence-corrected chi connectivity index (χ4v) is 3.91. The van der Waals surface area contributed by atoms with Crippen LogP contribution in [0.4, 0.5) is 0 Å². The van der Waals surface area contributed by atoms with Crippen LogP contribution >= 0.6 is 39.0 Å². The van der Waals surface area contributed by atoms with E-state index in [1.165, 1.54) is 18.3 Å². The maximum absolute atomic E-state index is 12.0. The van der Waals surface area contributed by atoms with E-state index in [-0.39, 0.29) is 24.0 Å². The maximum Gasteiger partial charge on any atom is 0.326 e. The molecular formula is C15H15BrN2O4S2. The summed E-state index contributed by atoms with van der Waals surface area (Å²) >= 11 is 5.62. The lowest BCUT2D eigenvalue weighted by Crippen LogP contribution is -2.23. The van der Waals surface area contributed by atoms with E-state index in [0.717, 1.165) is 26.5 Å². The summed E-state index contributed by atoms with van der Waals surface area (Å²) in [7, 11) is 0. The molecule has 24 heavy (non-hydrogen) atoms. The van der Waals surface area contributed by atoms with Crippen LogP contribution in [0.3, 0.4) is 0 Å². The molecule has 0 N–H and O–H groups in total. The van der Waals surface area contributed by atoms with Gasteiger partial charge in [-0.3, -0.25) is 14.4 Å². The molecule has 0 aliphatic heterocycles. The van der Waals surface area contributed by atoms with Crippen LogP contribution in [0.5, 0.6) is 0 Å². The van der Waals surface area contributed by atoms with Gasteiger partial charge in [0.15, 0.2) is 9.92 Å². The minimum atomic E-state index is -0.418. The van der Waals surface area contributed by atoms with Crippen molar-refractivity contribution in [2.75, 3.05) is 12.4 Å². The van der Waals surface area contributed by atoms with Crippen LogP contribution in [0.2, 0.25) is 0 Å². The van der Waals surface area contributed by atoms with Gasteiger partial charge < -0.3 is 9.30 Å². The number of aromatic nitrogens is 1. The van der Waals surface area contributed by atoms with Crippen molar-refractivity contribution in [2.45, 2.75) is 20.4 Å². The van der Waals surface area contributed by atoms with Gasteiger partial charge in [-0.05, 0) is 25.1 Å². The van der Waals surface area contributed by atoms with Crippen molar-refractivity contribution in [3.05, 3.63) is 27.5 Å². The Morgan fingerprint density at radius 3 is 2.79 bits per heavy atom. The summed E-state index contributed by atoms with van der Waals surface area (Å²) in [6.07, 6.45) is 0. The number of ether oxygens (including phenoxy) is 1. The molecule has 2 aromatic rings. The Labute approximate surface area is 155 Å². The summed E-state index contributed by atoms with van der Waals surface area (Å²) in [6.45, 7) is 3.39. The largest absolute Gasteiger partial charge is 0.465 e. The lowest BCUT2D eigenvalue weighted by atomic mass is 10.3. The first kappa shape index (κ1) is 18.9. The van der Waals surface area contributed by atoms with E-state index >= 15 is 0 Å². The van der Waals surface area contributed by atoms with Gasteiger partial charge in [0, 0.05) is 11.4 Å². The Morgan fingerprint density at radius 1 is 1.38 bits per heavy atom. The number of nitrogens with zero attached hydrogens (tertiary/aromatic N) is 2. The molecule has 0 saturated heterocycles. The maximum atomic E-state index is 12.0. The predicted molar refractivity (Wildman–Crippen MR) is 97.9 cm³/mol. The fraction of sp³-hybridized carbons (Fsp3) is 0.333. The fourth-order valence-electron chi connectivity index (χ4n) is 1.92. The predicted octanol–water partition coefficient (Wildman–Crippen LogP) is 2.74. The van der Waals surface area contributed by atoms with Crippen molar-refractivity contribution < 1.29 is 19.1 Å². The lowest BCUT2D eigenvalue weighted by Gasteiger charge is -2.05. The van der Waals surface area contributed by atoms with Gasteiger partial charge in [0.05, 0.1) is 22.6 Å². The molecular weight excluding hydrogens is 416 g/mol. The van der Waals surface area contributed by atoms with Crippen molar-refractivity contribution >= 4 is 66.2 Å². The highest BCUT2D eigenvalue weighted by molar-refractivity contribution is 9.10. The molecule has 0 aliphatic rings. The van der Waals surface area contributed by atoms with E-state index < -0.39 is 11.9 Å². The second kappa shape index (κ2) is 8.59. The zero-order valence-electron chi connectivity index (χ0n) is 13.1. The molecule has 0 aliphatic carbocycles. The molecule has 6 nitrogen and oxygen atoms in total. The molecule has 0 atom stereocenters. The molecule has 1 aromatic heterocycles. The van der Waals surface area contributed by atoms with E-state index in [0.29, 0.717) is 4.80 Å². The smallest absolute Gasteiger partial charge is 0.326 e. The molecule has 1 amide bonds. The van der Waals surface area contributed by atoms with Crippen LogP contribution in [0.25, 0.3) is 10.2 Å². The third kappa shape index (κ3) is 5.02. The average Bonchev–Trinajstić information content (AvgIpc) is 2.82. The van der Waals surface area contributed by atoms with Crippen LogP contribution in [0.15, 0.2) is 27.7 Å². The van der Waals surface area contributed by atoms with Gasteiger partial charge in [-0.1, -0.05) is 39.0 Å². The van der Waals surface area contributed by atoms with E-state index in [9.17, 15) is 14.4 Å². The Morgan fingerprint density at radius 2 is 2.12 bits per heavy atom. The number of hydrogen-bond donors (Lipinski definition) is 0. The Hall–Kier alpha value is -1.45. The first-order valence-electron chi connectivity index (χ1n) is 7.06. The zero-order valence-corrected chi connectivity index (χ0v) is 16.3. The first-order valence-corrected chi connectivity index (χ1v) is 9.65. The van der Waals surface area contributed by atoms with Crippen LogP contribution < -0.4 is 4.80 Å². The number of thiazole rings is 1. The number of halogens is 1. The van der Waals surface area contributed by atoms with Crippen molar-refractivity contribution in [3.8, 4) is 0 Å². The molecule has 0 fully saturated rings. The van der Waals surface area contributed by atoms with Gasteiger partial charge in [0.2, 0.25) is 0 Å². The number of carbonyl (C=O) groups is 3. The highest BCUT2D eigenvalue weighted by Gasteiger charge is 2.12. The number of esters is 1. The minimum absolute atomic E-state index is 0.0212. The Bertz CT molecular complexity index is 857. The highest BCUT2D eigenvalue weighted by atomic mass is 79.9. The quantitative estimate of drug-likeness (QED) is 0.681.